The van der Waals surface area contributed by atoms with E-state index >= 15 is 0 Å². The molecule has 0 aliphatic heterocycles. The van der Waals surface area contributed by atoms with E-state index in [0.717, 1.165) is 39.4 Å². The molecule has 0 unspecified atom stereocenters. The van der Waals surface area contributed by atoms with Crippen molar-refractivity contribution in [3.63, 3.8) is 0 Å². The van der Waals surface area contributed by atoms with Crippen molar-refractivity contribution in [3.05, 3.63) is 62.6 Å². The maximum atomic E-state index is 13.6. The van der Waals surface area contributed by atoms with Gasteiger partial charge in [-0.15, -0.1) is 11.3 Å². The van der Waals surface area contributed by atoms with E-state index in [0.29, 0.717) is 16.9 Å². The summed E-state index contributed by atoms with van der Waals surface area (Å²) in [4.78, 5) is 13.4. The minimum atomic E-state index is -0.911. The van der Waals surface area contributed by atoms with Gasteiger partial charge in [-0.1, -0.05) is 6.07 Å². The summed E-state index contributed by atoms with van der Waals surface area (Å²) in [7, 11) is 0. The minimum absolute atomic E-state index is 0.222. The van der Waals surface area contributed by atoms with Crippen LogP contribution in [0.4, 0.5) is 8.78 Å². The zero-order valence-electron chi connectivity index (χ0n) is 15.0. The van der Waals surface area contributed by atoms with Crippen LogP contribution in [0.15, 0.2) is 24.4 Å². The highest BCUT2D eigenvalue weighted by atomic mass is 32.1. The zero-order chi connectivity index (χ0) is 19.7. The molecule has 0 spiro atoms. The van der Waals surface area contributed by atoms with Crippen molar-refractivity contribution in [2.24, 2.45) is 11.5 Å². The maximum Gasteiger partial charge on any atom is 0.259 e. The molecule has 5 nitrogen and oxygen atoms in total. The monoisotopic (exact) mass is 390 g/mol. The summed E-state index contributed by atoms with van der Waals surface area (Å²) in [6.07, 6.45) is 2.05. The predicted octanol–water partition coefficient (Wildman–Crippen LogP) is 3.42. The van der Waals surface area contributed by atoms with Gasteiger partial charge in [-0.25, -0.2) is 8.78 Å². The Labute approximate surface area is 159 Å². The molecule has 1 atom stereocenters. The molecule has 1 aromatic carbocycles. The number of nitrogens with one attached hydrogen (secondary N) is 1. The van der Waals surface area contributed by atoms with E-state index in [1.165, 1.54) is 17.4 Å². The largest absolute Gasteiger partial charge is 0.365 e. The lowest BCUT2D eigenvalue weighted by Crippen LogP contribution is -2.20. The quantitative estimate of drug-likeness (QED) is 0.601. The highest BCUT2D eigenvalue weighted by Gasteiger charge is 2.28. The van der Waals surface area contributed by atoms with Crippen LogP contribution in [0.5, 0.6) is 0 Å². The summed E-state index contributed by atoms with van der Waals surface area (Å²) in [5.74, 6) is -2.63. The van der Waals surface area contributed by atoms with Gasteiger partial charge >= 0.3 is 0 Å². The van der Waals surface area contributed by atoms with Crippen LogP contribution in [-0.2, 0) is 6.42 Å². The van der Waals surface area contributed by atoms with Crippen molar-refractivity contribution in [1.29, 1.82) is 0 Å². The van der Waals surface area contributed by atoms with Gasteiger partial charge in [0.25, 0.3) is 5.91 Å². The third kappa shape index (κ3) is 3.63. The molecule has 2 heterocycles. The summed E-state index contributed by atoms with van der Waals surface area (Å²) < 4.78 is 26.9. The van der Waals surface area contributed by atoms with Crippen LogP contribution in [0.25, 0.3) is 11.1 Å². The van der Waals surface area contributed by atoms with Gasteiger partial charge in [-0.3, -0.25) is 9.89 Å². The van der Waals surface area contributed by atoms with Crippen LogP contribution >= 0.6 is 11.3 Å². The lowest BCUT2D eigenvalue weighted by molar-refractivity contribution is 0.100. The molecule has 2 aromatic heterocycles. The molecule has 0 bridgehead atoms. The van der Waals surface area contributed by atoms with Crippen molar-refractivity contribution < 1.29 is 13.6 Å². The standard InChI is InChI=1S/C19H20F2N4OS/c1-9-13(8-24-25-9)16-10(2)27-18(19(23)26)17(16)12(7-22)5-11-3-4-14(20)15(21)6-11/h3-4,6,8,12H,5,7,22H2,1-2H3,(H2,23,26)(H,24,25)/t12-/m1/s1. The molecule has 27 heavy (non-hydrogen) atoms. The number of thiophene rings is 1. The third-order valence-corrected chi connectivity index (χ3v) is 5.74. The molecule has 8 heteroatoms. The van der Waals surface area contributed by atoms with Crippen molar-refractivity contribution in [3.8, 4) is 11.1 Å². The van der Waals surface area contributed by atoms with Gasteiger partial charge in [-0.05, 0) is 50.1 Å². The van der Waals surface area contributed by atoms with E-state index in [4.69, 9.17) is 11.5 Å². The number of aromatic nitrogens is 2. The van der Waals surface area contributed by atoms with Crippen LogP contribution in [0.3, 0.4) is 0 Å². The van der Waals surface area contributed by atoms with Crippen LogP contribution in [-0.4, -0.2) is 22.6 Å². The fourth-order valence-electron chi connectivity index (χ4n) is 3.33. The molecule has 0 fully saturated rings. The average Bonchev–Trinajstić information content (AvgIpc) is 3.18. The summed E-state index contributed by atoms with van der Waals surface area (Å²) in [6.45, 7) is 4.02. The summed E-state index contributed by atoms with van der Waals surface area (Å²) in [5, 5.41) is 6.96. The number of carbonyl (C=O) groups excluding carboxylic acids is 1. The Balaban J connectivity index is 2.13. The summed E-state index contributed by atoms with van der Waals surface area (Å²) in [5.41, 5.74) is 15.6. The number of hydrogen-bond donors (Lipinski definition) is 3. The van der Waals surface area contributed by atoms with Crippen molar-refractivity contribution in [2.45, 2.75) is 26.2 Å². The van der Waals surface area contributed by atoms with E-state index in [9.17, 15) is 13.6 Å². The molecule has 0 radical (unpaired) electrons. The van der Waals surface area contributed by atoms with Gasteiger partial charge in [0.15, 0.2) is 11.6 Å². The molecular weight excluding hydrogens is 370 g/mol. The van der Waals surface area contributed by atoms with E-state index in [-0.39, 0.29) is 12.5 Å². The molecule has 3 aromatic rings. The number of hydrogen-bond acceptors (Lipinski definition) is 4. The number of aryl methyl sites for hydroxylation is 2. The number of halogens is 2. The van der Waals surface area contributed by atoms with E-state index in [1.54, 1.807) is 6.20 Å². The first-order valence-electron chi connectivity index (χ1n) is 8.40. The molecule has 0 aliphatic rings. The first kappa shape index (κ1) is 19.2. The lowest BCUT2D eigenvalue weighted by atomic mass is 9.86. The first-order chi connectivity index (χ1) is 12.8. The predicted molar refractivity (Wildman–Crippen MR) is 102 cm³/mol. The van der Waals surface area contributed by atoms with Crippen LogP contribution in [0, 0.1) is 25.5 Å². The zero-order valence-corrected chi connectivity index (χ0v) is 15.8. The fourth-order valence-corrected chi connectivity index (χ4v) is 4.43. The van der Waals surface area contributed by atoms with Gasteiger partial charge in [0.2, 0.25) is 0 Å². The van der Waals surface area contributed by atoms with Gasteiger partial charge in [-0.2, -0.15) is 5.10 Å². The highest BCUT2D eigenvalue weighted by molar-refractivity contribution is 7.14. The van der Waals surface area contributed by atoms with E-state index in [1.807, 2.05) is 13.8 Å². The van der Waals surface area contributed by atoms with Crippen molar-refractivity contribution in [2.75, 3.05) is 6.54 Å². The number of nitrogens with zero attached hydrogens (tertiary/aromatic N) is 1. The Morgan fingerprint density at radius 1 is 1.30 bits per heavy atom. The van der Waals surface area contributed by atoms with E-state index in [2.05, 4.69) is 10.2 Å². The number of H-pyrrole nitrogens is 1. The smallest absolute Gasteiger partial charge is 0.259 e. The fraction of sp³-hybridized carbons (Fsp3) is 0.263. The number of nitrogens with two attached hydrogens (primary N) is 2. The number of amides is 1. The molecule has 3 rings (SSSR count). The molecule has 0 saturated heterocycles. The van der Waals surface area contributed by atoms with Crippen molar-refractivity contribution in [1.82, 2.24) is 10.2 Å². The Morgan fingerprint density at radius 2 is 2.04 bits per heavy atom. The molecule has 142 valence electrons. The second-order valence-electron chi connectivity index (χ2n) is 6.43. The molecular formula is C19H20F2N4OS. The summed E-state index contributed by atoms with van der Waals surface area (Å²) >= 11 is 1.31. The third-order valence-electron chi connectivity index (χ3n) is 4.60. The molecule has 1 amide bonds. The number of aromatic amines is 1. The van der Waals surface area contributed by atoms with Crippen LogP contribution < -0.4 is 11.5 Å². The number of primary amides is 1. The number of rotatable bonds is 6. The Hall–Kier alpha value is -2.58. The topological polar surface area (TPSA) is 97.8 Å². The Bertz CT molecular complexity index is 996. The molecule has 5 N–H and O–H groups in total. The Kier molecular flexibility index (Phi) is 5.38. The highest BCUT2D eigenvalue weighted by Crippen LogP contribution is 2.42. The average molecular weight is 390 g/mol. The van der Waals surface area contributed by atoms with Gasteiger partial charge in [0.1, 0.15) is 0 Å². The van der Waals surface area contributed by atoms with Crippen molar-refractivity contribution >= 4 is 17.2 Å². The summed E-state index contributed by atoms with van der Waals surface area (Å²) in [6, 6.07) is 3.77. The van der Waals surface area contributed by atoms with Crippen LogP contribution in [0.1, 0.15) is 37.3 Å². The second kappa shape index (κ2) is 7.58. The lowest BCUT2D eigenvalue weighted by Gasteiger charge is -2.18. The normalized spacial score (nSPS) is 12.3. The van der Waals surface area contributed by atoms with Gasteiger partial charge in [0.05, 0.1) is 11.1 Å². The second-order valence-corrected chi connectivity index (χ2v) is 7.66. The maximum absolute atomic E-state index is 13.6. The first-order valence-corrected chi connectivity index (χ1v) is 9.22. The number of benzene rings is 1. The van der Waals surface area contributed by atoms with Gasteiger partial charge < -0.3 is 11.5 Å². The Morgan fingerprint density at radius 3 is 2.59 bits per heavy atom. The number of carbonyl (C=O) groups is 1. The minimum Gasteiger partial charge on any atom is -0.365 e. The SMILES string of the molecule is Cc1[nH]ncc1-c1c(C)sc(C(N)=O)c1[C@@H](CN)Cc1ccc(F)c(F)c1. The van der Waals surface area contributed by atoms with Crippen LogP contribution in [0.2, 0.25) is 0 Å². The molecule has 0 saturated carbocycles. The van der Waals surface area contributed by atoms with Gasteiger partial charge in [0, 0.05) is 27.6 Å². The van der Waals surface area contributed by atoms with E-state index < -0.39 is 17.5 Å². The molecule has 0 aliphatic carbocycles.